The van der Waals surface area contributed by atoms with Gasteiger partial charge in [-0.1, -0.05) is 56.7 Å². The summed E-state index contributed by atoms with van der Waals surface area (Å²) in [5.41, 5.74) is 2.98. The van der Waals surface area contributed by atoms with E-state index in [0.717, 1.165) is 16.9 Å². The molecule has 8 nitrogen and oxygen atoms in total. The molecule has 0 unspecified atom stereocenters. The third kappa shape index (κ3) is 4.83. The summed E-state index contributed by atoms with van der Waals surface area (Å²) in [5.74, 6) is 0.517. The SMILES string of the molecule is Cc1ccc(-n2nc(C(C)(C)C)cc2NC(=O)NCc2ccccc2[N+](=O)[O-])cc1. The molecule has 1 heterocycles. The summed E-state index contributed by atoms with van der Waals surface area (Å²) in [5, 5.41) is 21.3. The minimum absolute atomic E-state index is 0.0301. The normalized spacial score (nSPS) is 11.2. The number of urea groups is 1. The molecule has 0 aliphatic rings. The molecular weight excluding hydrogens is 382 g/mol. The molecule has 0 saturated carbocycles. The Morgan fingerprint density at radius 2 is 1.80 bits per heavy atom. The molecule has 0 atom stereocenters. The number of hydrogen-bond acceptors (Lipinski definition) is 4. The summed E-state index contributed by atoms with van der Waals surface area (Å²) in [6.45, 7) is 8.18. The number of carbonyl (C=O) groups excluding carboxylic acids is 1. The third-order valence-electron chi connectivity index (χ3n) is 4.63. The first kappa shape index (κ1) is 21.0. The fourth-order valence-electron chi connectivity index (χ4n) is 2.89. The molecule has 3 rings (SSSR count). The second-order valence-corrected chi connectivity index (χ2v) is 8.11. The Labute approximate surface area is 175 Å². The number of para-hydroxylation sites is 1. The Hall–Kier alpha value is -3.68. The zero-order chi connectivity index (χ0) is 21.9. The van der Waals surface area contributed by atoms with E-state index in [4.69, 9.17) is 0 Å². The van der Waals surface area contributed by atoms with Crippen molar-refractivity contribution in [2.45, 2.75) is 39.7 Å². The first-order valence-electron chi connectivity index (χ1n) is 9.60. The fourth-order valence-corrected chi connectivity index (χ4v) is 2.89. The van der Waals surface area contributed by atoms with Gasteiger partial charge in [-0.05, 0) is 19.1 Å². The van der Waals surface area contributed by atoms with Gasteiger partial charge < -0.3 is 5.32 Å². The highest BCUT2D eigenvalue weighted by atomic mass is 16.6. The molecule has 2 aromatic carbocycles. The molecule has 0 fully saturated rings. The van der Waals surface area contributed by atoms with Gasteiger partial charge in [-0.3, -0.25) is 15.4 Å². The molecule has 156 valence electrons. The topological polar surface area (TPSA) is 102 Å². The zero-order valence-electron chi connectivity index (χ0n) is 17.5. The number of aromatic nitrogens is 2. The van der Waals surface area contributed by atoms with Crippen molar-refractivity contribution >= 4 is 17.5 Å². The number of hydrogen-bond donors (Lipinski definition) is 2. The number of aryl methyl sites for hydroxylation is 1. The Morgan fingerprint density at radius 3 is 2.43 bits per heavy atom. The van der Waals surface area contributed by atoms with Crippen LogP contribution in [0.15, 0.2) is 54.6 Å². The van der Waals surface area contributed by atoms with Gasteiger partial charge in [0.25, 0.3) is 5.69 Å². The Balaban J connectivity index is 1.81. The molecule has 2 amide bonds. The maximum atomic E-state index is 12.5. The van der Waals surface area contributed by atoms with Crippen molar-refractivity contribution in [2.75, 3.05) is 5.32 Å². The van der Waals surface area contributed by atoms with Crippen molar-refractivity contribution in [3.05, 3.63) is 81.5 Å². The highest BCUT2D eigenvalue weighted by Gasteiger charge is 2.22. The average Bonchev–Trinajstić information content (AvgIpc) is 3.11. The van der Waals surface area contributed by atoms with E-state index in [1.54, 1.807) is 22.9 Å². The van der Waals surface area contributed by atoms with E-state index in [2.05, 4.69) is 15.7 Å². The molecule has 8 heteroatoms. The van der Waals surface area contributed by atoms with Gasteiger partial charge in [-0.25, -0.2) is 9.48 Å². The Kier molecular flexibility index (Phi) is 5.86. The number of nitrogens with zero attached hydrogens (tertiary/aromatic N) is 3. The minimum Gasteiger partial charge on any atom is -0.333 e. The number of anilines is 1. The van der Waals surface area contributed by atoms with E-state index in [9.17, 15) is 14.9 Å². The second kappa shape index (κ2) is 8.36. The van der Waals surface area contributed by atoms with Crippen LogP contribution in [0.5, 0.6) is 0 Å². The highest BCUT2D eigenvalue weighted by Crippen LogP contribution is 2.26. The molecule has 2 N–H and O–H groups in total. The summed E-state index contributed by atoms with van der Waals surface area (Å²) in [7, 11) is 0. The van der Waals surface area contributed by atoms with Gasteiger partial charge in [0.15, 0.2) is 0 Å². The zero-order valence-corrected chi connectivity index (χ0v) is 17.5. The summed E-state index contributed by atoms with van der Waals surface area (Å²) in [4.78, 5) is 23.2. The number of nitro benzene ring substituents is 1. The largest absolute Gasteiger partial charge is 0.333 e. The van der Waals surface area contributed by atoms with Crippen LogP contribution in [0.2, 0.25) is 0 Å². The van der Waals surface area contributed by atoms with Crippen molar-refractivity contribution < 1.29 is 9.72 Å². The maximum Gasteiger partial charge on any atom is 0.320 e. The van der Waals surface area contributed by atoms with Crippen LogP contribution in [0.25, 0.3) is 5.69 Å². The molecule has 0 radical (unpaired) electrons. The first-order valence-corrected chi connectivity index (χ1v) is 9.60. The van der Waals surface area contributed by atoms with E-state index in [1.807, 2.05) is 58.0 Å². The molecule has 0 spiro atoms. The number of nitrogens with one attached hydrogen (secondary N) is 2. The number of carbonyl (C=O) groups is 1. The van der Waals surface area contributed by atoms with Crippen LogP contribution in [0.4, 0.5) is 16.3 Å². The van der Waals surface area contributed by atoms with Gasteiger partial charge in [-0.2, -0.15) is 5.10 Å². The van der Waals surface area contributed by atoms with E-state index in [1.165, 1.54) is 6.07 Å². The molecule has 1 aromatic heterocycles. The molecule has 3 aromatic rings. The smallest absolute Gasteiger partial charge is 0.320 e. The van der Waals surface area contributed by atoms with E-state index in [0.29, 0.717) is 11.4 Å². The lowest BCUT2D eigenvalue weighted by atomic mass is 9.92. The number of amides is 2. The summed E-state index contributed by atoms with van der Waals surface area (Å²) >= 11 is 0. The number of rotatable bonds is 5. The monoisotopic (exact) mass is 407 g/mol. The van der Waals surface area contributed by atoms with Gasteiger partial charge in [0.2, 0.25) is 0 Å². The number of nitro groups is 1. The number of benzene rings is 2. The minimum atomic E-state index is -0.470. The third-order valence-corrected chi connectivity index (χ3v) is 4.63. The van der Waals surface area contributed by atoms with Gasteiger partial charge in [0, 0.05) is 23.1 Å². The predicted octanol–water partition coefficient (Wildman–Crippen LogP) is 4.71. The van der Waals surface area contributed by atoms with Crippen molar-refractivity contribution in [1.82, 2.24) is 15.1 Å². The predicted molar refractivity (Wildman–Crippen MR) is 116 cm³/mol. The van der Waals surface area contributed by atoms with E-state index < -0.39 is 11.0 Å². The van der Waals surface area contributed by atoms with Crippen LogP contribution in [0.3, 0.4) is 0 Å². The van der Waals surface area contributed by atoms with Crippen LogP contribution in [0.1, 0.15) is 37.6 Å². The lowest BCUT2D eigenvalue weighted by molar-refractivity contribution is -0.385. The van der Waals surface area contributed by atoms with Crippen LogP contribution in [-0.2, 0) is 12.0 Å². The van der Waals surface area contributed by atoms with Gasteiger partial charge in [0.05, 0.1) is 22.8 Å². The second-order valence-electron chi connectivity index (χ2n) is 8.11. The van der Waals surface area contributed by atoms with E-state index in [-0.39, 0.29) is 17.6 Å². The van der Waals surface area contributed by atoms with Gasteiger partial charge in [0.1, 0.15) is 5.82 Å². The molecule has 0 aliphatic carbocycles. The van der Waals surface area contributed by atoms with Crippen molar-refractivity contribution in [2.24, 2.45) is 0 Å². The summed E-state index contributed by atoms with van der Waals surface area (Å²) in [6.07, 6.45) is 0. The molecule has 0 saturated heterocycles. The molecule has 0 bridgehead atoms. The van der Waals surface area contributed by atoms with Crippen molar-refractivity contribution in [3.8, 4) is 5.69 Å². The van der Waals surface area contributed by atoms with Crippen LogP contribution < -0.4 is 10.6 Å². The van der Waals surface area contributed by atoms with Crippen molar-refractivity contribution in [3.63, 3.8) is 0 Å². The average molecular weight is 407 g/mol. The van der Waals surface area contributed by atoms with Crippen molar-refractivity contribution in [1.29, 1.82) is 0 Å². The Morgan fingerprint density at radius 1 is 1.13 bits per heavy atom. The molecule has 30 heavy (non-hydrogen) atoms. The lowest BCUT2D eigenvalue weighted by Crippen LogP contribution is -2.29. The standard InChI is InChI=1S/C22H25N5O3/c1-15-9-11-17(12-10-15)26-20(13-19(25-26)22(2,3)4)24-21(28)23-14-16-7-5-6-8-18(16)27(29)30/h5-13H,14H2,1-4H3,(H2,23,24,28). The summed E-state index contributed by atoms with van der Waals surface area (Å²) in [6, 6.07) is 15.5. The van der Waals surface area contributed by atoms with Crippen LogP contribution in [0, 0.1) is 17.0 Å². The van der Waals surface area contributed by atoms with E-state index >= 15 is 0 Å². The molecular formula is C22H25N5O3. The van der Waals surface area contributed by atoms with Gasteiger partial charge >= 0.3 is 6.03 Å². The maximum absolute atomic E-state index is 12.5. The van der Waals surface area contributed by atoms with Gasteiger partial charge in [-0.15, -0.1) is 0 Å². The lowest BCUT2D eigenvalue weighted by Gasteiger charge is -2.14. The Bertz CT molecular complexity index is 1070. The van der Waals surface area contributed by atoms with Crippen LogP contribution in [-0.4, -0.2) is 20.7 Å². The summed E-state index contributed by atoms with van der Waals surface area (Å²) < 4.78 is 1.69. The molecule has 0 aliphatic heterocycles. The highest BCUT2D eigenvalue weighted by molar-refractivity contribution is 5.88. The quantitative estimate of drug-likeness (QED) is 0.472. The first-order chi connectivity index (χ1) is 14.1. The fraction of sp³-hybridized carbons (Fsp3) is 0.273. The van der Waals surface area contributed by atoms with Crippen LogP contribution >= 0.6 is 0 Å².